The van der Waals surface area contributed by atoms with E-state index in [0.717, 1.165) is 96.3 Å². The van der Waals surface area contributed by atoms with Gasteiger partial charge in [-0.15, -0.1) is 0 Å². The van der Waals surface area contributed by atoms with Crippen LogP contribution < -0.4 is 0 Å². The molecule has 0 fully saturated rings. The Kier molecular flexibility index (Phi) is 76.4. The number of ether oxygens (including phenoxy) is 4. The van der Waals surface area contributed by atoms with Crippen molar-refractivity contribution in [3.8, 4) is 0 Å². The van der Waals surface area contributed by atoms with E-state index in [1.807, 2.05) is 21.1 Å². The first kappa shape index (κ1) is 94.9. The van der Waals surface area contributed by atoms with Crippen LogP contribution in [0.4, 0.5) is 0 Å². The lowest BCUT2D eigenvalue weighted by Crippen LogP contribution is -2.40. The van der Waals surface area contributed by atoms with Crippen molar-refractivity contribution in [1.82, 2.24) is 0 Å². The van der Waals surface area contributed by atoms with Crippen molar-refractivity contribution < 1.29 is 42.9 Å². The maximum absolute atomic E-state index is 13.0. The van der Waals surface area contributed by atoms with Crippen LogP contribution in [0.15, 0.2) is 109 Å². The fourth-order valence-electron chi connectivity index (χ4n) is 12.2. The lowest BCUT2D eigenvalue weighted by atomic mass is 10.0. The van der Waals surface area contributed by atoms with Gasteiger partial charge in [-0.05, 0) is 96.3 Å². The van der Waals surface area contributed by atoms with Gasteiger partial charge in [-0.3, -0.25) is 9.59 Å². The molecule has 0 radical (unpaired) electrons. The van der Waals surface area contributed by atoms with Gasteiger partial charge in [0.1, 0.15) is 13.2 Å². The molecule has 2 atom stereocenters. The molecule has 0 bridgehead atoms. The summed E-state index contributed by atoms with van der Waals surface area (Å²) in [6.07, 6.45) is 110. The van der Waals surface area contributed by atoms with Crippen LogP contribution in [-0.4, -0.2) is 87.4 Å². The first-order chi connectivity index (χ1) is 48.6. The molecule has 0 aromatic rings. The van der Waals surface area contributed by atoms with Gasteiger partial charge < -0.3 is 28.5 Å². The first-order valence-corrected chi connectivity index (χ1v) is 42.1. The molecule has 0 aromatic carbocycles. The summed E-state index contributed by atoms with van der Waals surface area (Å²) in [5.41, 5.74) is 0. The second kappa shape index (κ2) is 79.6. The topological polar surface area (TPSA) is 108 Å². The molecule has 0 heterocycles. The van der Waals surface area contributed by atoms with Gasteiger partial charge in [-0.25, -0.2) is 4.79 Å². The second-order valence-electron chi connectivity index (χ2n) is 29.4. The zero-order valence-electron chi connectivity index (χ0n) is 65.6. The van der Waals surface area contributed by atoms with E-state index in [0.29, 0.717) is 17.4 Å². The zero-order chi connectivity index (χ0) is 71.8. The number of carboxylic acids is 1. The molecule has 0 rings (SSSR count). The van der Waals surface area contributed by atoms with E-state index in [9.17, 15) is 19.5 Å². The molecule has 0 aliphatic heterocycles. The van der Waals surface area contributed by atoms with E-state index in [-0.39, 0.29) is 38.2 Å². The molecular formula is C90H160NO8+. The van der Waals surface area contributed by atoms with Gasteiger partial charge in [0.05, 0.1) is 34.4 Å². The normalized spacial score (nSPS) is 13.2. The van der Waals surface area contributed by atoms with E-state index < -0.39 is 18.4 Å². The SMILES string of the molecule is CC/C=C\C/C=C\C/C=C\C/C=C\C/C=C\CCCCCCCCCCCCCCCCCCCCCCCCCC(=O)OC(COC(=O)CCCCCCCCCCCCCCCCCCCCCCCC/C=C\C/C=C\C/C=C\C/C=C\CC)COC(OCC[N+](C)(C)C)C(=O)O. The molecule has 0 aliphatic rings. The number of nitrogens with zero attached hydrogens (tertiary/aromatic N) is 1. The fourth-order valence-corrected chi connectivity index (χ4v) is 12.2. The number of rotatable bonds is 78. The van der Waals surface area contributed by atoms with Crippen LogP contribution in [0, 0.1) is 0 Å². The Morgan fingerprint density at radius 3 is 0.808 bits per heavy atom. The van der Waals surface area contributed by atoms with Gasteiger partial charge in [0.2, 0.25) is 0 Å². The number of hydrogen-bond donors (Lipinski definition) is 1. The molecule has 0 aromatic heterocycles. The quantitative estimate of drug-likeness (QED) is 0.0211. The Morgan fingerprint density at radius 2 is 0.545 bits per heavy atom. The number of unbranched alkanes of at least 4 members (excludes halogenated alkanes) is 45. The highest BCUT2D eigenvalue weighted by Gasteiger charge is 2.25. The molecule has 0 amide bonds. The summed E-state index contributed by atoms with van der Waals surface area (Å²) >= 11 is 0. The van der Waals surface area contributed by atoms with E-state index >= 15 is 0 Å². The monoisotopic (exact) mass is 1380 g/mol. The van der Waals surface area contributed by atoms with Crippen molar-refractivity contribution in [3.05, 3.63) is 109 Å². The number of hydrogen-bond acceptors (Lipinski definition) is 7. The summed E-state index contributed by atoms with van der Waals surface area (Å²) in [6.45, 7) is 4.71. The minimum absolute atomic E-state index is 0.179. The number of allylic oxidation sites excluding steroid dienone is 18. The third-order valence-electron chi connectivity index (χ3n) is 18.5. The van der Waals surface area contributed by atoms with Crippen molar-refractivity contribution in [2.75, 3.05) is 47.5 Å². The first-order valence-electron chi connectivity index (χ1n) is 42.1. The number of carbonyl (C=O) groups excluding carboxylic acids is 2. The van der Waals surface area contributed by atoms with Gasteiger partial charge in [0, 0.05) is 12.8 Å². The van der Waals surface area contributed by atoms with Crippen LogP contribution in [0.5, 0.6) is 0 Å². The van der Waals surface area contributed by atoms with Crippen molar-refractivity contribution in [3.63, 3.8) is 0 Å². The van der Waals surface area contributed by atoms with Crippen LogP contribution >= 0.6 is 0 Å². The van der Waals surface area contributed by atoms with Gasteiger partial charge in [0.25, 0.3) is 6.29 Å². The van der Waals surface area contributed by atoms with Crippen molar-refractivity contribution in [1.29, 1.82) is 0 Å². The van der Waals surface area contributed by atoms with E-state index in [1.54, 1.807) is 0 Å². The molecule has 572 valence electrons. The van der Waals surface area contributed by atoms with Gasteiger partial charge in [-0.2, -0.15) is 0 Å². The number of carboxylic acid groups (broad SMARTS) is 1. The zero-order valence-corrected chi connectivity index (χ0v) is 65.6. The third-order valence-corrected chi connectivity index (χ3v) is 18.5. The lowest BCUT2D eigenvalue weighted by molar-refractivity contribution is -0.870. The van der Waals surface area contributed by atoms with Crippen LogP contribution in [0.1, 0.15) is 386 Å². The highest BCUT2D eigenvalue weighted by molar-refractivity contribution is 5.71. The second-order valence-corrected chi connectivity index (χ2v) is 29.4. The molecule has 0 spiro atoms. The Balaban J connectivity index is 3.95. The molecule has 0 saturated heterocycles. The molecule has 9 nitrogen and oxygen atoms in total. The lowest BCUT2D eigenvalue weighted by Gasteiger charge is -2.25. The predicted molar refractivity (Wildman–Crippen MR) is 428 cm³/mol. The standard InChI is InChI=1S/C90H159NO8/c1-6-8-10-12-14-16-18-20-22-24-26-28-30-32-34-36-38-40-42-43-44-45-47-49-51-53-55-57-59-61-63-65-67-69-71-73-75-77-79-81-88(93)99-86(85-98-90(89(94)95)96-83-82-91(3,4)5)84-97-87(92)80-78-76-74-72-70-68-66-64-62-60-58-56-54-52-50-48-46-41-39-37-35-33-31-29-27-25-23-21-19-17-15-13-11-9-7-2/h8-11,14-17,20-23,26-29,32,34,86,90H,6-7,12-13,18-19,24-25,30-31,33,35-85H2,1-5H3/p+1/b10-8-,11-9-,16-14-,17-15-,22-20-,23-21-,28-26-,29-27-,34-32-. The minimum Gasteiger partial charge on any atom is -0.477 e. The molecule has 99 heavy (non-hydrogen) atoms. The number of quaternary nitrogens is 1. The van der Waals surface area contributed by atoms with Gasteiger partial charge in [-0.1, -0.05) is 386 Å². The Morgan fingerprint density at radius 1 is 0.303 bits per heavy atom. The molecular weight excluding hydrogens is 1220 g/mol. The summed E-state index contributed by atoms with van der Waals surface area (Å²) in [6, 6.07) is 0. The van der Waals surface area contributed by atoms with Crippen LogP contribution in [0.2, 0.25) is 0 Å². The van der Waals surface area contributed by atoms with Crippen molar-refractivity contribution >= 4 is 17.9 Å². The molecule has 9 heteroatoms. The summed E-state index contributed by atoms with van der Waals surface area (Å²) in [4.78, 5) is 37.8. The van der Waals surface area contributed by atoms with Crippen LogP contribution in [-0.2, 0) is 33.3 Å². The highest BCUT2D eigenvalue weighted by Crippen LogP contribution is 2.20. The van der Waals surface area contributed by atoms with Gasteiger partial charge in [0.15, 0.2) is 6.10 Å². The maximum atomic E-state index is 13.0. The van der Waals surface area contributed by atoms with Crippen molar-refractivity contribution in [2.45, 2.75) is 399 Å². The van der Waals surface area contributed by atoms with Crippen LogP contribution in [0.25, 0.3) is 0 Å². The Labute approximate surface area is 613 Å². The Bertz CT molecular complexity index is 2000. The number of carbonyl (C=O) groups is 3. The van der Waals surface area contributed by atoms with Crippen LogP contribution in [0.3, 0.4) is 0 Å². The number of likely N-dealkylation sites (N-methyl/N-ethyl adjacent to an activating group) is 1. The molecule has 0 aliphatic carbocycles. The smallest absolute Gasteiger partial charge is 0.361 e. The van der Waals surface area contributed by atoms with Crippen molar-refractivity contribution in [2.24, 2.45) is 0 Å². The minimum atomic E-state index is -1.51. The average molecular weight is 1380 g/mol. The number of aliphatic carboxylic acids is 1. The highest BCUT2D eigenvalue weighted by atomic mass is 16.7. The number of esters is 2. The van der Waals surface area contributed by atoms with E-state index in [1.165, 1.54) is 263 Å². The summed E-state index contributed by atoms with van der Waals surface area (Å²) in [5.74, 6) is -1.98. The van der Waals surface area contributed by atoms with E-state index in [4.69, 9.17) is 18.9 Å². The average Bonchev–Trinajstić information content (AvgIpc) is 1.14. The largest absolute Gasteiger partial charge is 0.477 e. The molecule has 2 unspecified atom stereocenters. The van der Waals surface area contributed by atoms with E-state index in [2.05, 4.69) is 123 Å². The Hall–Kier alpha value is -4.05. The summed E-state index contributed by atoms with van der Waals surface area (Å²) in [5, 5.41) is 9.79. The summed E-state index contributed by atoms with van der Waals surface area (Å²) in [7, 11) is 6.00. The third kappa shape index (κ3) is 81.1. The fraction of sp³-hybridized carbons (Fsp3) is 0.767. The predicted octanol–water partition coefficient (Wildman–Crippen LogP) is 27.3. The molecule has 1 N–H and O–H groups in total. The van der Waals surface area contributed by atoms with Gasteiger partial charge >= 0.3 is 17.9 Å². The summed E-state index contributed by atoms with van der Waals surface area (Å²) < 4.78 is 23.1. The maximum Gasteiger partial charge on any atom is 0.361 e. The molecule has 0 saturated carbocycles.